The summed E-state index contributed by atoms with van der Waals surface area (Å²) in [4.78, 5) is 18.0. The molecule has 98 valence electrons. The van der Waals surface area contributed by atoms with Crippen LogP contribution in [0.4, 0.5) is 11.6 Å². The van der Waals surface area contributed by atoms with Gasteiger partial charge >= 0.3 is 0 Å². The number of hydrogen-bond acceptors (Lipinski definition) is 6. The lowest BCUT2D eigenvalue weighted by Crippen LogP contribution is -1.98. The largest absolute Gasteiger partial charge is 0.438 e. The predicted molar refractivity (Wildman–Crippen MR) is 72.1 cm³/mol. The number of nitro benzene ring substituents is 1. The van der Waals surface area contributed by atoms with Crippen LogP contribution in [0.25, 0.3) is 0 Å². The molecule has 0 radical (unpaired) electrons. The Balaban J connectivity index is 2.31. The summed E-state index contributed by atoms with van der Waals surface area (Å²) in [7, 11) is 0. The van der Waals surface area contributed by atoms with E-state index < -0.39 is 4.92 Å². The van der Waals surface area contributed by atoms with E-state index in [2.05, 4.69) is 25.9 Å². The number of aryl methyl sites for hydroxylation is 1. The molecule has 0 saturated heterocycles. The molecule has 0 aliphatic rings. The molecule has 0 saturated carbocycles. The fraction of sp³-hybridized carbons (Fsp3) is 0.0909. The molecular weight excluding hydrogens is 316 g/mol. The molecular formula is C11H9BrN4O3. The Morgan fingerprint density at radius 3 is 2.84 bits per heavy atom. The third kappa shape index (κ3) is 2.97. The van der Waals surface area contributed by atoms with E-state index in [1.54, 1.807) is 13.0 Å². The molecule has 0 spiro atoms. The Bertz CT molecular complexity index is 648. The lowest BCUT2D eigenvalue weighted by atomic mass is 10.2. The molecule has 0 aliphatic carbocycles. The highest BCUT2D eigenvalue weighted by Gasteiger charge is 2.12. The number of benzene rings is 1. The first kappa shape index (κ1) is 13.2. The van der Waals surface area contributed by atoms with E-state index in [9.17, 15) is 10.1 Å². The van der Waals surface area contributed by atoms with Gasteiger partial charge in [0.1, 0.15) is 5.75 Å². The zero-order chi connectivity index (χ0) is 14.0. The Labute approximate surface area is 116 Å². The first-order chi connectivity index (χ1) is 8.97. The number of hydrogen-bond donors (Lipinski definition) is 1. The topological polar surface area (TPSA) is 104 Å². The van der Waals surface area contributed by atoms with Crippen molar-refractivity contribution < 1.29 is 9.66 Å². The molecule has 0 amide bonds. The van der Waals surface area contributed by atoms with Crippen LogP contribution in [0.5, 0.6) is 11.6 Å². The van der Waals surface area contributed by atoms with E-state index in [1.165, 1.54) is 18.3 Å². The molecule has 8 heteroatoms. The van der Waals surface area contributed by atoms with Crippen molar-refractivity contribution in [1.82, 2.24) is 9.97 Å². The second-order valence-corrected chi connectivity index (χ2v) is 4.54. The van der Waals surface area contributed by atoms with Gasteiger partial charge in [0.2, 0.25) is 11.8 Å². The standard InChI is InChI=1S/C11H9BrN4O3/c1-6-4-7(2-3-9(6)16(17)18)19-10-8(12)5-14-11(13)15-10/h2-5H,1H3,(H2,13,14,15). The SMILES string of the molecule is Cc1cc(Oc2nc(N)ncc2Br)ccc1[N+](=O)[O-]. The quantitative estimate of drug-likeness (QED) is 0.687. The summed E-state index contributed by atoms with van der Waals surface area (Å²) in [5.74, 6) is 0.763. The third-order valence-corrected chi connectivity index (χ3v) is 2.85. The van der Waals surface area contributed by atoms with Gasteiger partial charge < -0.3 is 10.5 Å². The average molecular weight is 325 g/mol. The fourth-order valence-corrected chi connectivity index (χ4v) is 1.72. The molecule has 0 fully saturated rings. The number of nitrogens with two attached hydrogens (primary N) is 1. The minimum atomic E-state index is -0.447. The van der Waals surface area contributed by atoms with Gasteiger partial charge in [-0.15, -0.1) is 0 Å². The van der Waals surface area contributed by atoms with Crippen molar-refractivity contribution in [2.75, 3.05) is 5.73 Å². The summed E-state index contributed by atoms with van der Waals surface area (Å²) in [5.41, 5.74) is 6.00. The lowest BCUT2D eigenvalue weighted by Gasteiger charge is -2.07. The molecule has 0 bridgehead atoms. The molecule has 7 nitrogen and oxygen atoms in total. The second kappa shape index (κ2) is 5.19. The van der Waals surface area contributed by atoms with E-state index >= 15 is 0 Å². The minimum Gasteiger partial charge on any atom is -0.438 e. The van der Waals surface area contributed by atoms with Gasteiger partial charge in [0.05, 0.1) is 15.6 Å². The molecule has 1 aromatic carbocycles. The van der Waals surface area contributed by atoms with Gasteiger partial charge in [-0.25, -0.2) is 4.98 Å². The van der Waals surface area contributed by atoms with Gasteiger partial charge in [-0.05, 0) is 35.0 Å². The number of anilines is 1. The summed E-state index contributed by atoms with van der Waals surface area (Å²) < 4.78 is 6.04. The Morgan fingerprint density at radius 2 is 2.21 bits per heavy atom. The third-order valence-electron chi connectivity index (χ3n) is 2.31. The molecule has 1 aromatic heterocycles. The van der Waals surface area contributed by atoms with Crippen LogP contribution in [0.2, 0.25) is 0 Å². The van der Waals surface area contributed by atoms with Gasteiger partial charge in [-0.2, -0.15) is 4.98 Å². The van der Waals surface area contributed by atoms with Crippen LogP contribution in [0.3, 0.4) is 0 Å². The summed E-state index contributed by atoms with van der Waals surface area (Å²) in [6.07, 6.45) is 1.47. The van der Waals surface area contributed by atoms with Gasteiger partial charge in [0, 0.05) is 11.6 Å². The molecule has 2 aromatic rings. The number of nitro groups is 1. The maximum absolute atomic E-state index is 10.7. The number of nitrogen functional groups attached to an aromatic ring is 1. The van der Waals surface area contributed by atoms with Crippen molar-refractivity contribution in [2.45, 2.75) is 6.92 Å². The van der Waals surface area contributed by atoms with E-state index in [0.717, 1.165) is 0 Å². The number of rotatable bonds is 3. The lowest BCUT2D eigenvalue weighted by molar-refractivity contribution is -0.385. The van der Waals surface area contributed by atoms with E-state index in [0.29, 0.717) is 15.8 Å². The molecule has 0 aliphatic heterocycles. The van der Waals surface area contributed by atoms with Gasteiger partial charge in [0.25, 0.3) is 5.69 Å². The van der Waals surface area contributed by atoms with Crippen molar-refractivity contribution in [3.8, 4) is 11.6 Å². The molecule has 19 heavy (non-hydrogen) atoms. The fourth-order valence-electron chi connectivity index (χ4n) is 1.44. The second-order valence-electron chi connectivity index (χ2n) is 3.69. The van der Waals surface area contributed by atoms with E-state index in [-0.39, 0.29) is 17.5 Å². The van der Waals surface area contributed by atoms with Crippen LogP contribution in [-0.4, -0.2) is 14.9 Å². The highest BCUT2D eigenvalue weighted by Crippen LogP contribution is 2.30. The zero-order valence-electron chi connectivity index (χ0n) is 9.83. The van der Waals surface area contributed by atoms with Crippen LogP contribution >= 0.6 is 15.9 Å². The summed E-state index contributed by atoms with van der Waals surface area (Å²) >= 11 is 3.23. The predicted octanol–water partition coefficient (Wildman–Crippen LogP) is 2.83. The van der Waals surface area contributed by atoms with Crippen molar-refractivity contribution in [3.63, 3.8) is 0 Å². The molecule has 1 heterocycles. The van der Waals surface area contributed by atoms with Gasteiger partial charge in [-0.3, -0.25) is 10.1 Å². The Hall–Kier alpha value is -2.22. The Kier molecular flexibility index (Phi) is 3.61. The first-order valence-electron chi connectivity index (χ1n) is 5.18. The van der Waals surface area contributed by atoms with E-state index in [1.807, 2.05) is 0 Å². The number of nitrogens with zero attached hydrogens (tertiary/aromatic N) is 3. The van der Waals surface area contributed by atoms with Crippen LogP contribution in [0, 0.1) is 17.0 Å². The monoisotopic (exact) mass is 324 g/mol. The normalized spacial score (nSPS) is 10.2. The average Bonchev–Trinajstić information content (AvgIpc) is 2.33. The summed E-state index contributed by atoms with van der Waals surface area (Å²) in [5, 5.41) is 10.7. The molecule has 0 unspecified atom stereocenters. The highest BCUT2D eigenvalue weighted by atomic mass is 79.9. The van der Waals surface area contributed by atoms with Crippen LogP contribution in [-0.2, 0) is 0 Å². The molecule has 2 N–H and O–H groups in total. The minimum absolute atomic E-state index is 0.0358. The summed E-state index contributed by atoms with van der Waals surface area (Å²) in [6, 6.07) is 4.43. The highest BCUT2D eigenvalue weighted by molar-refractivity contribution is 9.10. The van der Waals surface area contributed by atoms with Crippen LogP contribution < -0.4 is 10.5 Å². The van der Waals surface area contributed by atoms with Crippen molar-refractivity contribution in [1.29, 1.82) is 0 Å². The van der Waals surface area contributed by atoms with Gasteiger partial charge in [0.15, 0.2) is 0 Å². The zero-order valence-corrected chi connectivity index (χ0v) is 11.4. The Morgan fingerprint density at radius 1 is 1.47 bits per heavy atom. The number of halogens is 1. The molecule has 0 atom stereocenters. The van der Waals surface area contributed by atoms with Crippen molar-refractivity contribution in [2.24, 2.45) is 0 Å². The van der Waals surface area contributed by atoms with Crippen molar-refractivity contribution >= 4 is 27.6 Å². The molecule has 2 rings (SSSR count). The maximum atomic E-state index is 10.7. The van der Waals surface area contributed by atoms with Crippen LogP contribution in [0.1, 0.15) is 5.56 Å². The smallest absolute Gasteiger partial charge is 0.272 e. The van der Waals surface area contributed by atoms with Crippen LogP contribution in [0.15, 0.2) is 28.9 Å². The maximum Gasteiger partial charge on any atom is 0.272 e. The number of aromatic nitrogens is 2. The van der Waals surface area contributed by atoms with E-state index in [4.69, 9.17) is 10.5 Å². The summed E-state index contributed by atoms with van der Waals surface area (Å²) in [6.45, 7) is 1.63. The number of ether oxygens (including phenoxy) is 1. The van der Waals surface area contributed by atoms with Gasteiger partial charge in [-0.1, -0.05) is 0 Å². The van der Waals surface area contributed by atoms with Crippen molar-refractivity contribution in [3.05, 3.63) is 44.5 Å². The first-order valence-corrected chi connectivity index (χ1v) is 5.97.